The maximum absolute atomic E-state index is 5.70. The molecule has 0 aromatic heterocycles. The Morgan fingerprint density at radius 3 is 2.44 bits per heavy atom. The Bertz CT molecular complexity index is 160. The van der Waals surface area contributed by atoms with Gasteiger partial charge in [-0.2, -0.15) is 0 Å². The maximum Gasteiger partial charge on any atom is 0.0593 e. The molecule has 3 nitrogen and oxygen atoms in total. The van der Waals surface area contributed by atoms with Crippen LogP contribution in [0.2, 0.25) is 0 Å². The second kappa shape index (κ2) is 8.97. The van der Waals surface area contributed by atoms with Crippen LogP contribution in [0.4, 0.5) is 0 Å². The number of hydrogen-bond donors (Lipinski definition) is 1. The lowest BCUT2D eigenvalue weighted by molar-refractivity contribution is 0.121. The van der Waals surface area contributed by atoms with Crippen molar-refractivity contribution in [3.05, 3.63) is 0 Å². The smallest absolute Gasteiger partial charge is 0.0593 e. The van der Waals surface area contributed by atoms with Gasteiger partial charge in [0.25, 0.3) is 0 Å². The molecule has 0 bridgehead atoms. The average molecular weight is 230 g/mol. The molecule has 0 amide bonds. The molecule has 0 heterocycles. The van der Waals surface area contributed by atoms with Gasteiger partial charge in [-0.1, -0.05) is 20.3 Å². The summed E-state index contributed by atoms with van der Waals surface area (Å²) in [6, 6.07) is 0. The molecule has 0 radical (unpaired) electrons. The van der Waals surface area contributed by atoms with E-state index in [1.807, 2.05) is 6.92 Å². The molecule has 0 fully saturated rings. The van der Waals surface area contributed by atoms with Crippen LogP contribution in [0.3, 0.4) is 0 Å². The highest BCUT2D eigenvalue weighted by Gasteiger charge is 2.14. The molecule has 0 spiro atoms. The summed E-state index contributed by atoms with van der Waals surface area (Å²) >= 11 is 0. The first-order chi connectivity index (χ1) is 7.52. The number of ether oxygens (including phenoxy) is 1. The van der Waals surface area contributed by atoms with Crippen LogP contribution in [0.5, 0.6) is 0 Å². The number of likely N-dealkylation sites (N-methyl/N-ethyl adjacent to an activating group) is 1. The molecule has 0 aromatic carbocycles. The second-order valence-electron chi connectivity index (χ2n) is 5.33. The minimum Gasteiger partial charge on any atom is -0.380 e. The van der Waals surface area contributed by atoms with E-state index in [0.717, 1.165) is 32.8 Å². The maximum atomic E-state index is 5.70. The summed E-state index contributed by atoms with van der Waals surface area (Å²) in [5, 5.41) is 0. The van der Waals surface area contributed by atoms with E-state index in [9.17, 15) is 0 Å². The summed E-state index contributed by atoms with van der Waals surface area (Å²) in [4.78, 5) is 2.34. The fourth-order valence-electron chi connectivity index (χ4n) is 1.56. The fraction of sp³-hybridized carbons (Fsp3) is 1.00. The Morgan fingerprint density at radius 1 is 1.19 bits per heavy atom. The Morgan fingerprint density at radius 2 is 1.88 bits per heavy atom. The van der Waals surface area contributed by atoms with E-state index in [1.165, 1.54) is 19.3 Å². The SMILES string of the molecule is CCOCCN(C)CCCCC(C)(C)CN. The number of nitrogens with two attached hydrogens (primary N) is 1. The standard InChI is InChI=1S/C13H30N2O/c1-5-16-11-10-15(4)9-7-6-8-13(2,3)12-14/h5-12,14H2,1-4H3. The quantitative estimate of drug-likeness (QED) is 0.584. The Hall–Kier alpha value is -0.120. The van der Waals surface area contributed by atoms with E-state index in [4.69, 9.17) is 10.5 Å². The molecule has 0 saturated carbocycles. The highest BCUT2D eigenvalue weighted by Crippen LogP contribution is 2.21. The Kier molecular flexibility index (Phi) is 8.90. The van der Waals surface area contributed by atoms with Crippen LogP contribution in [0, 0.1) is 5.41 Å². The number of rotatable bonds is 10. The molecule has 0 aromatic rings. The molecule has 98 valence electrons. The third kappa shape index (κ3) is 9.13. The van der Waals surface area contributed by atoms with E-state index in [0.29, 0.717) is 5.41 Å². The van der Waals surface area contributed by atoms with Crippen LogP contribution >= 0.6 is 0 Å². The van der Waals surface area contributed by atoms with Crippen molar-refractivity contribution < 1.29 is 4.74 Å². The Labute approximate surface area is 101 Å². The van der Waals surface area contributed by atoms with Gasteiger partial charge < -0.3 is 15.4 Å². The van der Waals surface area contributed by atoms with Crippen LogP contribution in [-0.4, -0.2) is 44.8 Å². The summed E-state index contributed by atoms with van der Waals surface area (Å²) in [5.74, 6) is 0. The van der Waals surface area contributed by atoms with Gasteiger partial charge >= 0.3 is 0 Å². The largest absolute Gasteiger partial charge is 0.380 e. The molecule has 16 heavy (non-hydrogen) atoms. The predicted octanol–water partition coefficient (Wildman–Crippen LogP) is 2.11. The molecule has 2 N–H and O–H groups in total. The van der Waals surface area contributed by atoms with Crippen molar-refractivity contribution in [3.8, 4) is 0 Å². The molecule has 3 heteroatoms. The average Bonchev–Trinajstić information content (AvgIpc) is 2.25. The third-order valence-electron chi connectivity index (χ3n) is 3.02. The molecular formula is C13H30N2O. The lowest BCUT2D eigenvalue weighted by Crippen LogP contribution is -2.26. The van der Waals surface area contributed by atoms with Crippen LogP contribution in [-0.2, 0) is 4.74 Å². The van der Waals surface area contributed by atoms with Crippen LogP contribution in [0.15, 0.2) is 0 Å². The molecule has 0 aliphatic heterocycles. The predicted molar refractivity (Wildman–Crippen MR) is 70.7 cm³/mol. The van der Waals surface area contributed by atoms with Crippen molar-refractivity contribution in [1.82, 2.24) is 4.90 Å². The first-order valence-corrected chi connectivity index (χ1v) is 6.48. The zero-order valence-electron chi connectivity index (χ0n) is 11.6. The van der Waals surface area contributed by atoms with Gasteiger partial charge in [-0.05, 0) is 45.3 Å². The summed E-state index contributed by atoms with van der Waals surface area (Å²) in [7, 11) is 2.16. The van der Waals surface area contributed by atoms with Crippen molar-refractivity contribution in [3.63, 3.8) is 0 Å². The van der Waals surface area contributed by atoms with Crippen LogP contribution in [0.25, 0.3) is 0 Å². The normalized spacial score (nSPS) is 12.4. The van der Waals surface area contributed by atoms with Crippen molar-refractivity contribution >= 4 is 0 Å². The molecule has 0 atom stereocenters. The van der Waals surface area contributed by atoms with Gasteiger partial charge in [0.05, 0.1) is 6.61 Å². The zero-order chi connectivity index (χ0) is 12.4. The lowest BCUT2D eigenvalue weighted by Gasteiger charge is -2.23. The van der Waals surface area contributed by atoms with E-state index < -0.39 is 0 Å². The van der Waals surface area contributed by atoms with Gasteiger partial charge in [-0.25, -0.2) is 0 Å². The lowest BCUT2D eigenvalue weighted by atomic mass is 9.87. The first kappa shape index (κ1) is 15.9. The van der Waals surface area contributed by atoms with Gasteiger partial charge in [0.15, 0.2) is 0 Å². The molecule has 0 rings (SSSR count). The van der Waals surface area contributed by atoms with Gasteiger partial charge in [-0.3, -0.25) is 0 Å². The van der Waals surface area contributed by atoms with Gasteiger partial charge in [0, 0.05) is 13.2 Å². The van der Waals surface area contributed by atoms with Gasteiger partial charge in [-0.15, -0.1) is 0 Å². The van der Waals surface area contributed by atoms with Crippen molar-refractivity contribution in [2.45, 2.75) is 40.0 Å². The topological polar surface area (TPSA) is 38.5 Å². The van der Waals surface area contributed by atoms with Crippen molar-refractivity contribution in [1.29, 1.82) is 0 Å². The van der Waals surface area contributed by atoms with Crippen molar-refractivity contribution in [2.24, 2.45) is 11.1 Å². The molecule has 0 unspecified atom stereocenters. The second-order valence-corrected chi connectivity index (χ2v) is 5.33. The van der Waals surface area contributed by atoms with E-state index in [-0.39, 0.29) is 0 Å². The van der Waals surface area contributed by atoms with Crippen LogP contribution < -0.4 is 5.73 Å². The molecule has 0 saturated heterocycles. The monoisotopic (exact) mass is 230 g/mol. The minimum atomic E-state index is 0.309. The summed E-state index contributed by atoms with van der Waals surface area (Å²) in [6.07, 6.45) is 3.75. The summed E-state index contributed by atoms with van der Waals surface area (Å²) < 4.78 is 5.32. The minimum absolute atomic E-state index is 0.309. The first-order valence-electron chi connectivity index (χ1n) is 6.48. The van der Waals surface area contributed by atoms with E-state index in [1.54, 1.807) is 0 Å². The molecule has 0 aliphatic rings. The van der Waals surface area contributed by atoms with Crippen molar-refractivity contribution in [2.75, 3.05) is 39.9 Å². The van der Waals surface area contributed by atoms with Gasteiger partial charge in [0.1, 0.15) is 0 Å². The third-order valence-corrected chi connectivity index (χ3v) is 3.02. The molecular weight excluding hydrogens is 200 g/mol. The highest BCUT2D eigenvalue weighted by atomic mass is 16.5. The number of nitrogens with zero attached hydrogens (tertiary/aromatic N) is 1. The zero-order valence-corrected chi connectivity index (χ0v) is 11.6. The summed E-state index contributed by atoms with van der Waals surface area (Å²) in [5.41, 5.74) is 6.01. The van der Waals surface area contributed by atoms with Gasteiger partial charge in [0.2, 0.25) is 0 Å². The van der Waals surface area contributed by atoms with E-state index in [2.05, 4.69) is 25.8 Å². The van der Waals surface area contributed by atoms with Crippen LogP contribution in [0.1, 0.15) is 40.0 Å². The molecule has 0 aliphatic carbocycles. The number of hydrogen-bond acceptors (Lipinski definition) is 3. The Balaban J connectivity index is 3.37. The highest BCUT2D eigenvalue weighted by molar-refractivity contribution is 4.69. The fourth-order valence-corrected chi connectivity index (χ4v) is 1.56. The number of unbranched alkanes of at least 4 members (excludes halogenated alkanes) is 1. The summed E-state index contributed by atoms with van der Waals surface area (Å²) in [6.45, 7) is 11.2. The van der Waals surface area contributed by atoms with E-state index >= 15 is 0 Å².